The second-order valence-corrected chi connectivity index (χ2v) is 8.31. The molecular weight excluding hydrogens is 480 g/mol. The molecule has 0 saturated heterocycles. The number of methoxy groups -OCH3 is 2. The van der Waals surface area contributed by atoms with Crippen LogP contribution in [0, 0.1) is 0 Å². The van der Waals surface area contributed by atoms with Crippen LogP contribution in [-0.2, 0) is 4.79 Å². The first-order valence-corrected chi connectivity index (χ1v) is 11.3. The van der Waals surface area contributed by atoms with Crippen molar-refractivity contribution in [3.05, 3.63) is 76.8 Å². The highest BCUT2D eigenvalue weighted by Crippen LogP contribution is 2.29. The van der Waals surface area contributed by atoms with E-state index in [1.54, 1.807) is 42.5 Å². The first-order valence-electron chi connectivity index (χ1n) is 9.90. The van der Waals surface area contributed by atoms with Gasteiger partial charge in [-0.25, -0.2) is 4.79 Å². The summed E-state index contributed by atoms with van der Waals surface area (Å²) in [6.45, 7) is 0. The van der Waals surface area contributed by atoms with Crippen LogP contribution in [0.15, 0.2) is 65.6 Å². The fourth-order valence-electron chi connectivity index (χ4n) is 3.02. The van der Waals surface area contributed by atoms with Crippen LogP contribution in [0.4, 0.5) is 11.4 Å². The number of hydrogen-bond donors (Lipinski definition) is 3. The smallest absolute Gasteiger partial charge is 0.337 e. The van der Waals surface area contributed by atoms with E-state index < -0.39 is 5.97 Å². The fourth-order valence-corrected chi connectivity index (χ4v) is 3.91. The van der Waals surface area contributed by atoms with Gasteiger partial charge in [0.1, 0.15) is 17.1 Å². The molecule has 34 heavy (non-hydrogen) atoms. The van der Waals surface area contributed by atoms with Crippen LogP contribution in [0.25, 0.3) is 0 Å². The van der Waals surface area contributed by atoms with Gasteiger partial charge in [0.25, 0.3) is 5.91 Å². The summed E-state index contributed by atoms with van der Waals surface area (Å²) in [4.78, 5) is 37.0. The number of anilines is 2. The van der Waals surface area contributed by atoms with Gasteiger partial charge in [0.15, 0.2) is 0 Å². The van der Waals surface area contributed by atoms with Crippen molar-refractivity contribution in [2.24, 2.45) is 0 Å². The molecule has 3 rings (SSSR count). The van der Waals surface area contributed by atoms with E-state index in [2.05, 4.69) is 10.6 Å². The van der Waals surface area contributed by atoms with E-state index in [1.165, 1.54) is 44.2 Å². The molecule has 0 saturated carbocycles. The van der Waals surface area contributed by atoms with Crippen LogP contribution in [0.5, 0.6) is 11.5 Å². The zero-order valence-electron chi connectivity index (χ0n) is 18.3. The number of benzene rings is 3. The molecule has 0 aliphatic rings. The molecule has 3 aromatic carbocycles. The van der Waals surface area contributed by atoms with E-state index >= 15 is 0 Å². The van der Waals surface area contributed by atoms with Gasteiger partial charge in [0.2, 0.25) is 5.91 Å². The molecule has 0 aromatic heterocycles. The summed E-state index contributed by atoms with van der Waals surface area (Å²) in [6, 6.07) is 16.3. The Bertz CT molecular complexity index is 1190. The summed E-state index contributed by atoms with van der Waals surface area (Å²) in [5.41, 5.74) is 1.11. The zero-order valence-corrected chi connectivity index (χ0v) is 19.8. The van der Waals surface area contributed by atoms with E-state index in [9.17, 15) is 14.4 Å². The predicted molar refractivity (Wildman–Crippen MR) is 132 cm³/mol. The third kappa shape index (κ3) is 6.21. The molecule has 0 bridgehead atoms. The summed E-state index contributed by atoms with van der Waals surface area (Å²) < 4.78 is 10.5. The van der Waals surface area contributed by atoms with Crippen molar-refractivity contribution in [1.82, 2.24) is 0 Å². The molecule has 10 heteroatoms. The molecule has 0 spiro atoms. The molecule has 0 aliphatic heterocycles. The van der Waals surface area contributed by atoms with Crippen LogP contribution < -0.4 is 20.1 Å². The van der Waals surface area contributed by atoms with E-state index in [-0.39, 0.29) is 33.7 Å². The van der Waals surface area contributed by atoms with Crippen LogP contribution in [0.3, 0.4) is 0 Å². The van der Waals surface area contributed by atoms with Crippen molar-refractivity contribution in [2.75, 3.05) is 30.6 Å². The summed E-state index contributed by atoms with van der Waals surface area (Å²) >= 11 is 7.13. The Morgan fingerprint density at radius 1 is 0.912 bits per heavy atom. The number of carboxylic acid groups (broad SMARTS) is 1. The highest BCUT2D eigenvalue weighted by atomic mass is 35.5. The molecule has 8 nitrogen and oxygen atoms in total. The Labute approximate surface area is 205 Å². The molecule has 0 radical (unpaired) electrons. The quantitative estimate of drug-likeness (QED) is 0.353. The minimum atomic E-state index is -1.17. The number of halogens is 1. The molecule has 0 heterocycles. The Kier molecular flexibility index (Phi) is 8.39. The number of ether oxygens (including phenoxy) is 2. The van der Waals surface area contributed by atoms with Gasteiger partial charge in [-0.1, -0.05) is 17.7 Å². The Morgan fingerprint density at radius 3 is 2.12 bits per heavy atom. The van der Waals surface area contributed by atoms with E-state index in [4.69, 9.17) is 26.2 Å². The first-order chi connectivity index (χ1) is 16.3. The Morgan fingerprint density at radius 2 is 1.53 bits per heavy atom. The van der Waals surface area contributed by atoms with Gasteiger partial charge >= 0.3 is 5.97 Å². The van der Waals surface area contributed by atoms with Gasteiger partial charge in [-0.15, -0.1) is 11.8 Å². The van der Waals surface area contributed by atoms with Crippen molar-refractivity contribution in [2.45, 2.75) is 4.90 Å². The largest absolute Gasteiger partial charge is 0.496 e. The van der Waals surface area contributed by atoms with E-state index in [1.807, 2.05) is 0 Å². The minimum absolute atomic E-state index is 0.0875. The number of amides is 2. The monoisotopic (exact) mass is 500 g/mol. The molecule has 0 fully saturated rings. The maximum atomic E-state index is 12.8. The third-order valence-electron chi connectivity index (χ3n) is 4.62. The molecule has 0 atom stereocenters. The number of hydrogen-bond acceptors (Lipinski definition) is 6. The standard InChI is InChI=1S/C24H21ClN2O6S/c1-32-19-4-3-5-20(33-2)22(19)23(29)27-14-6-9-16(10-7-14)34-13-21(28)26-15-8-11-18(25)17(12-15)24(30)31/h3-12H,13H2,1-2H3,(H,26,28)(H,27,29)(H,30,31). The summed E-state index contributed by atoms with van der Waals surface area (Å²) in [6.07, 6.45) is 0. The average molecular weight is 501 g/mol. The topological polar surface area (TPSA) is 114 Å². The molecule has 2 amide bonds. The molecular formula is C24H21ClN2O6S. The fraction of sp³-hybridized carbons (Fsp3) is 0.125. The Hall–Kier alpha value is -3.69. The number of carbonyl (C=O) groups excluding carboxylic acids is 2. The number of carboxylic acids is 1. The second kappa shape index (κ2) is 11.4. The molecule has 0 aliphatic carbocycles. The summed E-state index contributed by atoms with van der Waals surface area (Å²) in [5.74, 6) is -0.957. The van der Waals surface area contributed by atoms with Crippen LogP contribution in [0.1, 0.15) is 20.7 Å². The van der Waals surface area contributed by atoms with Crippen LogP contribution in [-0.4, -0.2) is 42.9 Å². The lowest BCUT2D eigenvalue weighted by atomic mass is 10.1. The minimum Gasteiger partial charge on any atom is -0.496 e. The predicted octanol–water partition coefficient (Wildman–Crippen LogP) is 5.04. The second-order valence-electron chi connectivity index (χ2n) is 6.85. The van der Waals surface area contributed by atoms with Gasteiger partial charge in [0.05, 0.1) is 30.6 Å². The number of rotatable bonds is 9. The van der Waals surface area contributed by atoms with Crippen molar-refractivity contribution in [1.29, 1.82) is 0 Å². The van der Waals surface area contributed by atoms with Gasteiger partial charge in [-0.05, 0) is 54.6 Å². The lowest BCUT2D eigenvalue weighted by Crippen LogP contribution is -2.15. The lowest BCUT2D eigenvalue weighted by molar-refractivity contribution is -0.113. The van der Waals surface area contributed by atoms with Crippen molar-refractivity contribution in [3.8, 4) is 11.5 Å². The van der Waals surface area contributed by atoms with Crippen LogP contribution >= 0.6 is 23.4 Å². The Balaban J connectivity index is 1.58. The molecule has 176 valence electrons. The number of nitrogens with one attached hydrogen (secondary N) is 2. The number of aromatic carboxylic acids is 1. The van der Waals surface area contributed by atoms with E-state index in [0.717, 1.165) is 4.90 Å². The lowest BCUT2D eigenvalue weighted by Gasteiger charge is -2.13. The van der Waals surface area contributed by atoms with E-state index in [0.29, 0.717) is 22.9 Å². The van der Waals surface area contributed by atoms with Gasteiger partial charge in [-0.3, -0.25) is 9.59 Å². The van der Waals surface area contributed by atoms with Gasteiger partial charge in [0, 0.05) is 16.3 Å². The molecule has 3 N–H and O–H groups in total. The summed E-state index contributed by atoms with van der Waals surface area (Å²) in [7, 11) is 2.96. The highest BCUT2D eigenvalue weighted by Gasteiger charge is 2.18. The first kappa shape index (κ1) is 24.9. The van der Waals surface area contributed by atoms with Gasteiger partial charge in [-0.2, -0.15) is 0 Å². The zero-order chi connectivity index (χ0) is 24.7. The van der Waals surface area contributed by atoms with Gasteiger partial charge < -0.3 is 25.2 Å². The SMILES string of the molecule is COc1cccc(OC)c1C(=O)Nc1ccc(SCC(=O)Nc2ccc(Cl)c(C(=O)O)c2)cc1. The molecule has 3 aromatic rings. The maximum absolute atomic E-state index is 12.8. The third-order valence-corrected chi connectivity index (χ3v) is 5.96. The molecule has 0 unspecified atom stereocenters. The highest BCUT2D eigenvalue weighted by molar-refractivity contribution is 8.00. The van der Waals surface area contributed by atoms with Crippen molar-refractivity contribution in [3.63, 3.8) is 0 Å². The maximum Gasteiger partial charge on any atom is 0.337 e. The van der Waals surface area contributed by atoms with Crippen molar-refractivity contribution >= 4 is 52.5 Å². The summed E-state index contributed by atoms with van der Waals surface area (Å²) in [5, 5.41) is 14.7. The number of thioether (sulfide) groups is 1. The average Bonchev–Trinajstić information content (AvgIpc) is 2.83. The van der Waals surface area contributed by atoms with Crippen molar-refractivity contribution < 1.29 is 29.0 Å². The number of carbonyl (C=O) groups is 3. The van der Waals surface area contributed by atoms with Crippen LogP contribution in [0.2, 0.25) is 5.02 Å². The normalized spacial score (nSPS) is 10.3.